The second-order valence-corrected chi connectivity index (χ2v) is 10.2. The Morgan fingerprint density at radius 1 is 1.26 bits per heavy atom. The fraction of sp³-hybridized carbons (Fsp3) is 0.286. The second-order valence-electron chi connectivity index (χ2n) is 7.83. The number of nitrogens with zero attached hydrogens (tertiary/aromatic N) is 1. The number of aromatic hydroxyl groups is 1. The molecule has 0 amide bonds. The minimum Gasteiger partial charge on any atom is -0.544 e. The highest BCUT2D eigenvalue weighted by molar-refractivity contribution is 6.49. The van der Waals surface area contributed by atoms with Gasteiger partial charge in [-0.2, -0.15) is 0 Å². The van der Waals surface area contributed by atoms with E-state index in [-0.39, 0.29) is 28.6 Å². The molecule has 0 aliphatic rings. The molecule has 3 aromatic rings. The summed E-state index contributed by atoms with van der Waals surface area (Å²) < 4.78 is 27.2. The molecule has 0 saturated carbocycles. The van der Waals surface area contributed by atoms with Gasteiger partial charge in [-0.15, -0.1) is 0 Å². The monoisotopic (exact) mass is 385 g/mol. The van der Waals surface area contributed by atoms with Crippen molar-refractivity contribution < 1.29 is 18.3 Å². The molecule has 4 nitrogen and oxygen atoms in total. The van der Waals surface area contributed by atoms with Crippen molar-refractivity contribution in [2.24, 2.45) is 0 Å². The molecule has 0 aliphatic heterocycles. The van der Waals surface area contributed by atoms with E-state index in [1.54, 1.807) is 24.3 Å². The Labute approximate surface area is 160 Å². The lowest BCUT2D eigenvalue weighted by atomic mass is 9.86. The number of hydrogen-bond acceptors (Lipinski definition) is 4. The van der Waals surface area contributed by atoms with Crippen molar-refractivity contribution in [2.45, 2.75) is 39.3 Å². The number of rotatable bonds is 4. The van der Waals surface area contributed by atoms with Gasteiger partial charge in [0.1, 0.15) is 11.3 Å². The Bertz CT molecular complexity index is 1020. The SMILES string of the molecule is C=Cc1cc(O)cc2nc(-c3ccc(C(C)(C)C)c(F)c3O[SiH](C)C)oc12. The van der Waals surface area contributed by atoms with Gasteiger partial charge in [0, 0.05) is 11.6 Å². The zero-order valence-electron chi connectivity index (χ0n) is 16.3. The van der Waals surface area contributed by atoms with Crippen molar-refractivity contribution in [3.63, 3.8) is 0 Å². The molecule has 27 heavy (non-hydrogen) atoms. The first kappa shape index (κ1) is 19.2. The van der Waals surface area contributed by atoms with Gasteiger partial charge in [-0.05, 0) is 36.2 Å². The summed E-state index contributed by atoms with van der Waals surface area (Å²) in [5, 5.41) is 9.86. The van der Waals surface area contributed by atoms with Crippen LogP contribution >= 0.6 is 0 Å². The van der Waals surface area contributed by atoms with E-state index in [0.29, 0.717) is 27.8 Å². The van der Waals surface area contributed by atoms with Gasteiger partial charge in [0.15, 0.2) is 17.1 Å². The molecule has 0 radical (unpaired) electrons. The van der Waals surface area contributed by atoms with Crippen LogP contribution in [-0.4, -0.2) is 19.1 Å². The first-order valence-electron chi connectivity index (χ1n) is 8.87. The van der Waals surface area contributed by atoms with Crippen LogP contribution in [0.5, 0.6) is 11.5 Å². The molecule has 3 rings (SSSR count). The highest BCUT2D eigenvalue weighted by Gasteiger charge is 2.26. The Morgan fingerprint density at radius 2 is 1.96 bits per heavy atom. The summed E-state index contributed by atoms with van der Waals surface area (Å²) in [6.45, 7) is 13.6. The summed E-state index contributed by atoms with van der Waals surface area (Å²) in [5.74, 6) is 0.121. The van der Waals surface area contributed by atoms with E-state index in [1.807, 2.05) is 33.9 Å². The van der Waals surface area contributed by atoms with E-state index in [2.05, 4.69) is 11.6 Å². The molecular weight excluding hydrogens is 361 g/mol. The Morgan fingerprint density at radius 3 is 2.56 bits per heavy atom. The fourth-order valence-electron chi connectivity index (χ4n) is 2.96. The molecule has 0 fully saturated rings. The van der Waals surface area contributed by atoms with Gasteiger partial charge < -0.3 is 13.9 Å². The van der Waals surface area contributed by atoms with Crippen LogP contribution in [0.15, 0.2) is 35.3 Å². The lowest BCUT2D eigenvalue weighted by molar-refractivity contribution is 0.471. The molecule has 2 aromatic carbocycles. The van der Waals surface area contributed by atoms with E-state index in [9.17, 15) is 5.11 Å². The maximum absolute atomic E-state index is 15.3. The zero-order chi connectivity index (χ0) is 19.9. The van der Waals surface area contributed by atoms with Crippen LogP contribution < -0.4 is 4.43 Å². The summed E-state index contributed by atoms with van der Waals surface area (Å²) in [4.78, 5) is 4.45. The van der Waals surface area contributed by atoms with Gasteiger partial charge in [-0.25, -0.2) is 9.37 Å². The summed E-state index contributed by atoms with van der Waals surface area (Å²) in [5.41, 5.74) is 2.28. The first-order chi connectivity index (χ1) is 12.6. The first-order valence-corrected chi connectivity index (χ1v) is 11.7. The molecule has 0 aliphatic carbocycles. The van der Waals surface area contributed by atoms with Gasteiger partial charge in [0.25, 0.3) is 0 Å². The summed E-state index contributed by atoms with van der Waals surface area (Å²) in [6, 6.07) is 6.59. The predicted molar refractivity (Wildman–Crippen MR) is 109 cm³/mol. The third-order valence-electron chi connectivity index (χ3n) is 4.21. The van der Waals surface area contributed by atoms with Crippen molar-refractivity contribution in [1.82, 2.24) is 4.98 Å². The molecule has 0 saturated heterocycles. The van der Waals surface area contributed by atoms with Crippen molar-refractivity contribution in [3.8, 4) is 23.0 Å². The number of oxazole rings is 1. The lowest BCUT2D eigenvalue weighted by Gasteiger charge is -2.23. The molecule has 142 valence electrons. The van der Waals surface area contributed by atoms with Crippen molar-refractivity contribution >= 4 is 26.2 Å². The standard InChI is InChI=1S/C21H24FNO3Si/c1-7-12-10-13(24)11-16-18(12)25-20(23-16)14-8-9-15(21(2,3)4)17(22)19(14)26-27(5)6/h7-11,24,27H,1H2,2-6H3. The number of phenols is 1. The van der Waals surface area contributed by atoms with Crippen LogP contribution in [0, 0.1) is 5.82 Å². The van der Waals surface area contributed by atoms with Crippen LogP contribution in [0.25, 0.3) is 28.6 Å². The quantitative estimate of drug-likeness (QED) is 0.590. The molecule has 0 unspecified atom stereocenters. The third-order valence-corrected chi connectivity index (χ3v) is 4.92. The third kappa shape index (κ3) is 3.62. The molecule has 1 aromatic heterocycles. The van der Waals surface area contributed by atoms with E-state index >= 15 is 4.39 Å². The van der Waals surface area contributed by atoms with E-state index in [4.69, 9.17) is 8.84 Å². The summed E-state index contributed by atoms with van der Waals surface area (Å²) in [6.07, 6.45) is 1.58. The van der Waals surface area contributed by atoms with E-state index in [1.165, 1.54) is 6.07 Å². The van der Waals surface area contributed by atoms with Crippen molar-refractivity contribution in [3.05, 3.63) is 47.8 Å². The molecule has 6 heteroatoms. The average molecular weight is 386 g/mol. The van der Waals surface area contributed by atoms with Crippen molar-refractivity contribution in [2.75, 3.05) is 0 Å². The number of halogens is 1. The van der Waals surface area contributed by atoms with Gasteiger partial charge in [-0.3, -0.25) is 0 Å². The van der Waals surface area contributed by atoms with Gasteiger partial charge in [0.05, 0.1) is 5.56 Å². The smallest absolute Gasteiger partial charge is 0.231 e. The van der Waals surface area contributed by atoms with E-state index in [0.717, 1.165) is 0 Å². The molecular formula is C21H24FNO3Si. The predicted octanol–water partition coefficient (Wildman–Crippen LogP) is 5.64. The summed E-state index contributed by atoms with van der Waals surface area (Å²) >= 11 is 0. The maximum atomic E-state index is 15.3. The molecule has 1 heterocycles. The van der Waals surface area contributed by atoms with Crippen LogP contribution in [-0.2, 0) is 5.41 Å². The van der Waals surface area contributed by atoms with E-state index < -0.39 is 9.04 Å². The molecule has 1 N–H and O–H groups in total. The fourth-order valence-corrected chi connectivity index (χ4v) is 3.67. The van der Waals surface area contributed by atoms with Crippen LogP contribution in [0.2, 0.25) is 13.1 Å². The largest absolute Gasteiger partial charge is 0.544 e. The number of aromatic nitrogens is 1. The maximum Gasteiger partial charge on any atom is 0.231 e. The highest BCUT2D eigenvalue weighted by atomic mass is 28.3. The molecule has 0 atom stereocenters. The Hall–Kier alpha value is -2.60. The van der Waals surface area contributed by atoms with Crippen LogP contribution in [0.1, 0.15) is 31.9 Å². The van der Waals surface area contributed by atoms with Crippen LogP contribution in [0.3, 0.4) is 0 Å². The second kappa shape index (κ2) is 6.85. The molecule has 0 spiro atoms. The number of hydrogen-bond donors (Lipinski definition) is 1. The van der Waals surface area contributed by atoms with Gasteiger partial charge in [0.2, 0.25) is 14.9 Å². The number of benzene rings is 2. The Balaban J connectivity index is 2.26. The average Bonchev–Trinajstić information content (AvgIpc) is 2.97. The minimum atomic E-state index is -1.58. The zero-order valence-corrected chi connectivity index (χ0v) is 17.4. The normalized spacial score (nSPS) is 12.0. The van der Waals surface area contributed by atoms with Gasteiger partial charge in [-0.1, -0.05) is 39.5 Å². The van der Waals surface area contributed by atoms with Gasteiger partial charge >= 0.3 is 0 Å². The summed E-state index contributed by atoms with van der Waals surface area (Å²) in [7, 11) is -1.58. The number of phenolic OH excluding ortho intramolecular Hbond substituents is 1. The molecule has 0 bridgehead atoms. The highest BCUT2D eigenvalue weighted by Crippen LogP contribution is 2.40. The lowest BCUT2D eigenvalue weighted by Crippen LogP contribution is -2.18. The van der Waals surface area contributed by atoms with Crippen molar-refractivity contribution in [1.29, 1.82) is 0 Å². The van der Waals surface area contributed by atoms with Crippen LogP contribution in [0.4, 0.5) is 4.39 Å². The number of fused-ring (bicyclic) bond motifs is 1. The minimum absolute atomic E-state index is 0.0672. The Kier molecular flexibility index (Phi) is 4.86. The topological polar surface area (TPSA) is 55.5 Å².